The van der Waals surface area contributed by atoms with Gasteiger partial charge < -0.3 is 10.8 Å². The van der Waals surface area contributed by atoms with E-state index in [1.54, 1.807) is 18.3 Å². The predicted molar refractivity (Wildman–Crippen MR) is 50.0 cm³/mol. The van der Waals surface area contributed by atoms with E-state index < -0.39 is 0 Å². The number of benzene rings is 1. The van der Waals surface area contributed by atoms with Crippen molar-refractivity contribution in [3.05, 3.63) is 35.8 Å². The van der Waals surface area contributed by atoms with Crippen LogP contribution >= 0.6 is 0 Å². The highest BCUT2D eigenvalue weighted by Gasteiger charge is 2.04. The first-order valence-corrected chi connectivity index (χ1v) is 3.82. The Morgan fingerprint density at radius 1 is 1.38 bits per heavy atom. The number of rotatable bonds is 1. The van der Waals surface area contributed by atoms with E-state index in [1.165, 1.54) is 12.3 Å². The van der Waals surface area contributed by atoms with Gasteiger partial charge in [0.25, 0.3) is 0 Å². The molecule has 1 aromatic carbocycles. The summed E-state index contributed by atoms with van der Waals surface area (Å²) in [7, 11) is 0. The van der Waals surface area contributed by atoms with E-state index in [9.17, 15) is 4.39 Å². The van der Waals surface area contributed by atoms with Gasteiger partial charge in [0, 0.05) is 17.1 Å². The molecule has 0 aliphatic rings. The molecule has 13 heavy (non-hydrogen) atoms. The van der Waals surface area contributed by atoms with Crippen LogP contribution in [0.3, 0.4) is 0 Å². The maximum Gasteiger partial charge on any atom is 0.132 e. The van der Waals surface area contributed by atoms with Crippen LogP contribution in [0.1, 0.15) is 5.56 Å². The SMILES string of the molecule is NN=Cc1ccc(F)c2cc[nH]c12. The maximum absolute atomic E-state index is 13.1. The minimum Gasteiger partial charge on any atom is -0.361 e. The summed E-state index contributed by atoms with van der Waals surface area (Å²) in [4.78, 5) is 2.93. The number of hydrogen-bond donors (Lipinski definition) is 2. The van der Waals surface area contributed by atoms with Gasteiger partial charge in [0.15, 0.2) is 0 Å². The van der Waals surface area contributed by atoms with E-state index in [-0.39, 0.29) is 5.82 Å². The summed E-state index contributed by atoms with van der Waals surface area (Å²) in [6.07, 6.45) is 3.17. The molecule has 0 amide bonds. The van der Waals surface area contributed by atoms with Gasteiger partial charge in [-0.1, -0.05) is 0 Å². The van der Waals surface area contributed by atoms with Crippen molar-refractivity contribution < 1.29 is 4.39 Å². The number of hydrazone groups is 1. The van der Waals surface area contributed by atoms with Gasteiger partial charge in [-0.25, -0.2) is 4.39 Å². The van der Waals surface area contributed by atoms with E-state index >= 15 is 0 Å². The molecule has 3 N–H and O–H groups in total. The highest BCUT2D eigenvalue weighted by molar-refractivity contribution is 5.97. The monoisotopic (exact) mass is 177 g/mol. The standard InChI is InChI=1S/C9H8FN3/c10-8-2-1-6(5-13-11)9-7(8)3-4-12-9/h1-5,12H,11H2. The lowest BCUT2D eigenvalue weighted by atomic mass is 10.1. The third-order valence-electron chi connectivity index (χ3n) is 1.92. The van der Waals surface area contributed by atoms with Gasteiger partial charge in [-0.3, -0.25) is 0 Å². The van der Waals surface area contributed by atoms with Crippen LogP contribution in [-0.4, -0.2) is 11.2 Å². The van der Waals surface area contributed by atoms with Crippen LogP contribution in [0.15, 0.2) is 29.5 Å². The van der Waals surface area contributed by atoms with Crippen LogP contribution < -0.4 is 5.84 Å². The lowest BCUT2D eigenvalue weighted by Gasteiger charge is -1.96. The van der Waals surface area contributed by atoms with Gasteiger partial charge in [0.2, 0.25) is 0 Å². The van der Waals surface area contributed by atoms with Crippen molar-refractivity contribution >= 4 is 17.1 Å². The smallest absolute Gasteiger partial charge is 0.132 e. The molecule has 1 heterocycles. The highest BCUT2D eigenvalue weighted by Crippen LogP contribution is 2.18. The number of nitrogens with one attached hydrogen (secondary N) is 1. The number of aromatic nitrogens is 1. The Morgan fingerprint density at radius 2 is 2.23 bits per heavy atom. The average Bonchev–Trinajstić information content (AvgIpc) is 2.59. The number of H-pyrrole nitrogens is 1. The lowest BCUT2D eigenvalue weighted by Crippen LogP contribution is -1.89. The van der Waals surface area contributed by atoms with Crippen molar-refractivity contribution in [3.8, 4) is 0 Å². The number of hydrogen-bond acceptors (Lipinski definition) is 2. The molecule has 1 aromatic heterocycles. The molecule has 3 nitrogen and oxygen atoms in total. The summed E-state index contributed by atoms with van der Waals surface area (Å²) in [5.74, 6) is 4.78. The van der Waals surface area contributed by atoms with Crippen molar-refractivity contribution in [2.45, 2.75) is 0 Å². The van der Waals surface area contributed by atoms with Crippen LogP contribution in [0, 0.1) is 5.82 Å². The summed E-state index contributed by atoms with van der Waals surface area (Å²) in [5, 5.41) is 3.95. The van der Waals surface area contributed by atoms with Gasteiger partial charge >= 0.3 is 0 Å². The van der Waals surface area contributed by atoms with Crippen molar-refractivity contribution in [3.63, 3.8) is 0 Å². The second-order valence-electron chi connectivity index (χ2n) is 2.68. The molecule has 2 aromatic rings. The Hall–Kier alpha value is -1.84. The first-order valence-electron chi connectivity index (χ1n) is 3.82. The molecule has 0 saturated carbocycles. The van der Waals surface area contributed by atoms with Crippen LogP contribution in [0.2, 0.25) is 0 Å². The summed E-state index contributed by atoms with van der Waals surface area (Å²) in [5.41, 5.74) is 1.50. The minimum atomic E-state index is -0.245. The molecule has 0 unspecified atom stereocenters. The van der Waals surface area contributed by atoms with Crippen molar-refractivity contribution in [2.24, 2.45) is 10.9 Å². The van der Waals surface area contributed by atoms with Gasteiger partial charge in [0.05, 0.1) is 11.7 Å². The predicted octanol–water partition coefficient (Wildman–Crippen LogP) is 1.60. The maximum atomic E-state index is 13.1. The Bertz CT molecular complexity index is 459. The summed E-state index contributed by atoms with van der Waals surface area (Å²) < 4.78 is 13.1. The second-order valence-corrected chi connectivity index (χ2v) is 2.68. The Morgan fingerprint density at radius 3 is 3.00 bits per heavy atom. The van der Waals surface area contributed by atoms with E-state index in [0.717, 1.165) is 5.56 Å². The molecule has 0 saturated heterocycles. The Kier molecular flexibility index (Phi) is 1.73. The van der Waals surface area contributed by atoms with Gasteiger partial charge in [-0.15, -0.1) is 0 Å². The van der Waals surface area contributed by atoms with Crippen LogP contribution in [0.4, 0.5) is 4.39 Å². The number of halogens is 1. The van der Waals surface area contributed by atoms with Crippen LogP contribution in [0.25, 0.3) is 10.9 Å². The van der Waals surface area contributed by atoms with E-state index in [2.05, 4.69) is 10.1 Å². The van der Waals surface area contributed by atoms with Crippen molar-refractivity contribution in [1.29, 1.82) is 0 Å². The number of aromatic amines is 1. The lowest BCUT2D eigenvalue weighted by molar-refractivity contribution is 0.640. The first kappa shape index (κ1) is 7.79. The molecule has 0 radical (unpaired) electrons. The molecule has 0 aliphatic heterocycles. The minimum absolute atomic E-state index is 0.245. The Labute approximate surface area is 74.1 Å². The molecule has 0 spiro atoms. The highest BCUT2D eigenvalue weighted by atomic mass is 19.1. The fourth-order valence-corrected chi connectivity index (χ4v) is 1.33. The van der Waals surface area contributed by atoms with Crippen molar-refractivity contribution in [2.75, 3.05) is 0 Å². The molecule has 4 heteroatoms. The molecule has 2 rings (SSSR count). The topological polar surface area (TPSA) is 54.2 Å². The fourth-order valence-electron chi connectivity index (χ4n) is 1.33. The van der Waals surface area contributed by atoms with Gasteiger partial charge in [-0.2, -0.15) is 5.10 Å². The van der Waals surface area contributed by atoms with Gasteiger partial charge in [-0.05, 0) is 18.2 Å². The van der Waals surface area contributed by atoms with Gasteiger partial charge in [0.1, 0.15) is 5.82 Å². The van der Waals surface area contributed by atoms with Crippen molar-refractivity contribution in [1.82, 2.24) is 4.98 Å². The summed E-state index contributed by atoms with van der Waals surface area (Å²) in [6.45, 7) is 0. The number of nitrogens with two attached hydrogens (primary N) is 1. The van der Waals surface area contributed by atoms with E-state index in [0.29, 0.717) is 10.9 Å². The third kappa shape index (κ3) is 1.16. The fraction of sp³-hybridized carbons (Fsp3) is 0. The molecule has 66 valence electrons. The summed E-state index contributed by atoms with van der Waals surface area (Å²) >= 11 is 0. The molecule has 0 atom stereocenters. The largest absolute Gasteiger partial charge is 0.361 e. The normalized spacial score (nSPS) is 11.5. The van der Waals surface area contributed by atoms with Crippen LogP contribution in [0.5, 0.6) is 0 Å². The number of nitrogens with zero attached hydrogens (tertiary/aromatic N) is 1. The molecular weight excluding hydrogens is 169 g/mol. The molecular formula is C9H8FN3. The van der Waals surface area contributed by atoms with E-state index in [4.69, 9.17) is 5.84 Å². The zero-order valence-corrected chi connectivity index (χ0v) is 6.79. The third-order valence-corrected chi connectivity index (χ3v) is 1.92. The summed E-state index contributed by atoms with van der Waals surface area (Å²) in [6, 6.07) is 4.70. The molecule has 0 fully saturated rings. The van der Waals surface area contributed by atoms with Crippen LogP contribution in [-0.2, 0) is 0 Å². The zero-order chi connectivity index (χ0) is 9.26. The van der Waals surface area contributed by atoms with E-state index in [1.807, 2.05) is 0 Å². The zero-order valence-electron chi connectivity index (χ0n) is 6.79. The average molecular weight is 177 g/mol. The quantitative estimate of drug-likeness (QED) is 0.388. The Balaban J connectivity index is 2.78. The number of fused-ring (bicyclic) bond motifs is 1. The second kappa shape index (κ2) is 2.90. The molecule has 0 aliphatic carbocycles. The molecule has 0 bridgehead atoms. The first-order chi connectivity index (χ1) is 6.33.